The van der Waals surface area contributed by atoms with Gasteiger partial charge in [0.25, 0.3) is 5.56 Å². The Balaban J connectivity index is 1.46. The third-order valence-electron chi connectivity index (χ3n) is 6.10. The molecule has 0 bridgehead atoms. The van der Waals surface area contributed by atoms with Crippen molar-refractivity contribution >= 4 is 40.0 Å². The number of benzene rings is 3. The molecule has 0 aliphatic rings. The average Bonchev–Trinajstić information content (AvgIpc) is 2.93. The second kappa shape index (κ2) is 12.9. The fraction of sp³-hybridized carbons (Fsp3) is 0.241. The summed E-state index contributed by atoms with van der Waals surface area (Å²) >= 11 is 6.13. The highest BCUT2D eigenvalue weighted by Gasteiger charge is 2.16. The van der Waals surface area contributed by atoms with Crippen LogP contribution >= 0.6 is 11.6 Å². The molecule has 0 saturated heterocycles. The summed E-state index contributed by atoms with van der Waals surface area (Å²) in [5, 5.41) is 6.45. The molecule has 0 atom stereocenters. The van der Waals surface area contributed by atoms with Crippen molar-refractivity contribution < 1.29 is 14.3 Å². The maximum atomic E-state index is 13.3. The zero-order valence-corrected chi connectivity index (χ0v) is 22.2. The van der Waals surface area contributed by atoms with Crippen molar-refractivity contribution in [3.05, 3.63) is 104 Å². The Kier molecular flexibility index (Phi) is 9.17. The molecule has 4 aromatic rings. The molecule has 10 heteroatoms. The summed E-state index contributed by atoms with van der Waals surface area (Å²) in [5.74, 6) is 0.0386. The summed E-state index contributed by atoms with van der Waals surface area (Å²) in [5.41, 5.74) is 0.636. The predicted molar refractivity (Wildman–Crippen MR) is 151 cm³/mol. The second-order valence-electron chi connectivity index (χ2n) is 8.82. The van der Waals surface area contributed by atoms with Crippen LogP contribution in [0.5, 0.6) is 5.75 Å². The third kappa shape index (κ3) is 6.94. The van der Waals surface area contributed by atoms with Crippen molar-refractivity contribution in [2.45, 2.75) is 39.4 Å². The molecule has 0 aliphatic heterocycles. The first-order valence-electron chi connectivity index (χ1n) is 12.6. The lowest BCUT2D eigenvalue weighted by Crippen LogP contribution is -2.42. The van der Waals surface area contributed by atoms with Crippen LogP contribution in [0, 0.1) is 0 Å². The van der Waals surface area contributed by atoms with E-state index < -0.39 is 17.2 Å². The number of para-hydroxylation sites is 1. The summed E-state index contributed by atoms with van der Waals surface area (Å²) in [7, 11) is 0. The number of halogens is 1. The van der Waals surface area contributed by atoms with E-state index in [0.29, 0.717) is 34.0 Å². The number of amides is 2. The highest BCUT2D eigenvalue weighted by molar-refractivity contribution is 6.31. The maximum absolute atomic E-state index is 13.3. The molecule has 0 radical (unpaired) electrons. The fourth-order valence-corrected chi connectivity index (χ4v) is 4.39. The van der Waals surface area contributed by atoms with Gasteiger partial charge in [0, 0.05) is 30.2 Å². The summed E-state index contributed by atoms with van der Waals surface area (Å²) in [6, 6.07) is 20.8. The summed E-state index contributed by atoms with van der Waals surface area (Å²) in [4.78, 5) is 51.7. The molecular formula is C29H29ClN4O5. The van der Waals surface area contributed by atoms with Crippen molar-refractivity contribution in [2.75, 3.05) is 11.9 Å². The largest absolute Gasteiger partial charge is 0.494 e. The number of hydrogen-bond acceptors (Lipinski definition) is 5. The molecule has 0 spiro atoms. The van der Waals surface area contributed by atoms with Gasteiger partial charge >= 0.3 is 5.69 Å². The smallest absolute Gasteiger partial charge is 0.331 e. The van der Waals surface area contributed by atoms with Gasteiger partial charge in [-0.15, -0.1) is 0 Å². The molecule has 3 aromatic carbocycles. The molecule has 1 heterocycles. The Morgan fingerprint density at radius 1 is 0.897 bits per heavy atom. The molecule has 9 nitrogen and oxygen atoms in total. The Labute approximate surface area is 230 Å². The Bertz CT molecular complexity index is 1590. The van der Waals surface area contributed by atoms with E-state index in [9.17, 15) is 19.2 Å². The van der Waals surface area contributed by atoms with Gasteiger partial charge in [0.2, 0.25) is 11.8 Å². The molecule has 2 N–H and O–H groups in total. The Hall–Kier alpha value is -4.37. The minimum Gasteiger partial charge on any atom is -0.494 e. The Morgan fingerprint density at radius 2 is 1.62 bits per heavy atom. The fourth-order valence-electron chi connectivity index (χ4n) is 4.19. The van der Waals surface area contributed by atoms with E-state index in [1.807, 2.05) is 25.1 Å². The number of carbonyl (C=O) groups is 2. The van der Waals surface area contributed by atoms with Crippen LogP contribution in [0.1, 0.15) is 25.3 Å². The zero-order chi connectivity index (χ0) is 27.8. The number of carbonyl (C=O) groups excluding carboxylic acids is 2. The summed E-state index contributed by atoms with van der Waals surface area (Å²) in [6.07, 6.45) is 0.377. The topological polar surface area (TPSA) is 111 Å². The highest BCUT2D eigenvalue weighted by Crippen LogP contribution is 2.16. The molecule has 0 fully saturated rings. The molecule has 4 rings (SSSR count). The van der Waals surface area contributed by atoms with E-state index in [1.165, 1.54) is 4.57 Å². The molecule has 0 unspecified atom stereocenters. The maximum Gasteiger partial charge on any atom is 0.331 e. The normalized spacial score (nSPS) is 10.8. The van der Waals surface area contributed by atoms with Crippen LogP contribution in [0.3, 0.4) is 0 Å². The number of nitrogens with zero attached hydrogens (tertiary/aromatic N) is 2. The molecular weight excluding hydrogens is 520 g/mol. The van der Waals surface area contributed by atoms with Crippen LogP contribution in [0.2, 0.25) is 5.02 Å². The van der Waals surface area contributed by atoms with Gasteiger partial charge in [0.05, 0.1) is 17.5 Å². The molecule has 1 aromatic heterocycles. The standard InChI is InChI=1S/C29H29ClN4O5/c1-2-39-22-15-13-21(14-16-22)32-27(36)19-34-25-11-6-4-9-23(25)28(37)33(29(34)38)17-7-12-26(35)31-18-20-8-3-5-10-24(20)30/h3-6,8-11,13-16H,2,7,12,17-19H2,1H3,(H,31,35)(H,32,36). The summed E-state index contributed by atoms with van der Waals surface area (Å²) < 4.78 is 7.77. The molecule has 0 aliphatic carbocycles. The summed E-state index contributed by atoms with van der Waals surface area (Å²) in [6.45, 7) is 2.44. The average molecular weight is 549 g/mol. The van der Waals surface area contributed by atoms with Crippen molar-refractivity contribution in [3.8, 4) is 5.75 Å². The number of anilines is 1. The SMILES string of the molecule is CCOc1ccc(NC(=O)Cn2c(=O)n(CCCC(=O)NCc3ccccc3Cl)c(=O)c3ccccc32)cc1. The Morgan fingerprint density at radius 3 is 2.36 bits per heavy atom. The van der Waals surface area contributed by atoms with Crippen LogP contribution in [0.4, 0.5) is 5.69 Å². The minimum atomic E-state index is -0.614. The van der Waals surface area contributed by atoms with Crippen LogP contribution in [-0.2, 0) is 29.2 Å². The number of aromatic nitrogens is 2. The van der Waals surface area contributed by atoms with Gasteiger partial charge in [-0.05, 0) is 61.4 Å². The first kappa shape index (κ1) is 27.7. The molecule has 202 valence electrons. The molecule has 2 amide bonds. The number of ether oxygens (including phenoxy) is 1. The lowest BCUT2D eigenvalue weighted by atomic mass is 10.2. The van der Waals surface area contributed by atoms with Crippen LogP contribution < -0.4 is 26.6 Å². The van der Waals surface area contributed by atoms with E-state index in [2.05, 4.69) is 10.6 Å². The quantitative estimate of drug-likeness (QED) is 0.295. The van der Waals surface area contributed by atoms with Crippen molar-refractivity contribution in [2.24, 2.45) is 0 Å². The van der Waals surface area contributed by atoms with Crippen LogP contribution in [0.15, 0.2) is 82.4 Å². The van der Waals surface area contributed by atoms with Gasteiger partial charge in [0.1, 0.15) is 12.3 Å². The number of hydrogen-bond donors (Lipinski definition) is 2. The van der Waals surface area contributed by atoms with Gasteiger partial charge in [-0.2, -0.15) is 0 Å². The van der Waals surface area contributed by atoms with E-state index in [4.69, 9.17) is 16.3 Å². The van der Waals surface area contributed by atoms with Crippen LogP contribution in [0.25, 0.3) is 10.9 Å². The van der Waals surface area contributed by atoms with E-state index in [-0.39, 0.29) is 38.4 Å². The molecule has 0 saturated carbocycles. The third-order valence-corrected chi connectivity index (χ3v) is 6.47. The van der Waals surface area contributed by atoms with Gasteiger partial charge in [-0.1, -0.05) is 41.9 Å². The first-order chi connectivity index (χ1) is 18.9. The van der Waals surface area contributed by atoms with Gasteiger partial charge in [-0.25, -0.2) is 4.79 Å². The van der Waals surface area contributed by atoms with Crippen molar-refractivity contribution in [1.82, 2.24) is 14.5 Å². The number of nitrogens with one attached hydrogen (secondary N) is 2. The van der Waals surface area contributed by atoms with E-state index in [0.717, 1.165) is 10.1 Å². The van der Waals surface area contributed by atoms with Crippen molar-refractivity contribution in [1.29, 1.82) is 0 Å². The number of fused-ring (bicyclic) bond motifs is 1. The first-order valence-corrected chi connectivity index (χ1v) is 13.0. The lowest BCUT2D eigenvalue weighted by Gasteiger charge is -2.14. The minimum absolute atomic E-state index is 0.0303. The lowest BCUT2D eigenvalue weighted by molar-refractivity contribution is -0.121. The zero-order valence-electron chi connectivity index (χ0n) is 21.5. The van der Waals surface area contributed by atoms with Crippen LogP contribution in [-0.4, -0.2) is 27.6 Å². The highest BCUT2D eigenvalue weighted by atomic mass is 35.5. The monoisotopic (exact) mass is 548 g/mol. The van der Waals surface area contributed by atoms with Gasteiger partial charge in [-0.3, -0.25) is 23.5 Å². The second-order valence-corrected chi connectivity index (χ2v) is 9.23. The van der Waals surface area contributed by atoms with E-state index >= 15 is 0 Å². The molecule has 39 heavy (non-hydrogen) atoms. The number of rotatable bonds is 11. The van der Waals surface area contributed by atoms with Gasteiger partial charge in [0.15, 0.2) is 0 Å². The van der Waals surface area contributed by atoms with Gasteiger partial charge < -0.3 is 15.4 Å². The predicted octanol–water partition coefficient (Wildman–Crippen LogP) is 3.95. The van der Waals surface area contributed by atoms with Crippen molar-refractivity contribution in [3.63, 3.8) is 0 Å². The van der Waals surface area contributed by atoms with E-state index in [1.54, 1.807) is 54.6 Å².